The van der Waals surface area contributed by atoms with Crippen LogP contribution in [0.3, 0.4) is 0 Å². The highest BCUT2D eigenvalue weighted by Crippen LogP contribution is 2.21. The van der Waals surface area contributed by atoms with Gasteiger partial charge < -0.3 is 11.1 Å². The van der Waals surface area contributed by atoms with E-state index in [1.807, 2.05) is 12.2 Å². The molecule has 0 fully saturated rings. The van der Waals surface area contributed by atoms with E-state index in [1.165, 1.54) is 0 Å². The second kappa shape index (κ2) is 2.57. The fraction of sp³-hybridized carbons (Fsp3) is 0.250. The van der Waals surface area contributed by atoms with Crippen molar-refractivity contribution in [2.24, 2.45) is 5.73 Å². The summed E-state index contributed by atoms with van der Waals surface area (Å²) in [5.74, 6) is 0.403. The Hall–Kier alpha value is -1.42. The molecule has 0 aliphatic carbocycles. The Morgan fingerprint density at radius 1 is 1.67 bits per heavy atom. The second-order valence-electron chi connectivity index (χ2n) is 2.85. The molecule has 1 atom stereocenters. The summed E-state index contributed by atoms with van der Waals surface area (Å²) in [6, 6.07) is 0. The molecular formula is C8H11N3O. The summed E-state index contributed by atoms with van der Waals surface area (Å²) < 4.78 is 0. The van der Waals surface area contributed by atoms with Crippen molar-refractivity contribution >= 4 is 0 Å². The number of fused-ring (bicyclic) bond motifs is 1. The Balaban J connectivity index is 2.30. The van der Waals surface area contributed by atoms with E-state index in [2.05, 4.69) is 5.32 Å². The molecule has 0 saturated heterocycles. The van der Waals surface area contributed by atoms with Gasteiger partial charge in [-0.1, -0.05) is 6.08 Å². The molecular weight excluding hydrogens is 154 g/mol. The Kier molecular flexibility index (Phi) is 1.55. The SMILES string of the molecule is NC1=CCC2=CC=CNC2N1O. The second-order valence-corrected chi connectivity index (χ2v) is 2.85. The normalized spacial score (nSPS) is 27.1. The largest absolute Gasteiger partial charge is 0.384 e. The fourth-order valence-corrected chi connectivity index (χ4v) is 1.39. The van der Waals surface area contributed by atoms with Gasteiger partial charge in [0.25, 0.3) is 0 Å². The van der Waals surface area contributed by atoms with E-state index in [0.29, 0.717) is 5.82 Å². The summed E-state index contributed by atoms with van der Waals surface area (Å²) in [5.41, 5.74) is 6.65. The van der Waals surface area contributed by atoms with E-state index < -0.39 is 0 Å². The molecule has 12 heavy (non-hydrogen) atoms. The van der Waals surface area contributed by atoms with E-state index in [1.54, 1.807) is 12.3 Å². The molecule has 2 rings (SSSR count). The maximum atomic E-state index is 9.48. The summed E-state index contributed by atoms with van der Waals surface area (Å²) >= 11 is 0. The average Bonchev–Trinajstić information content (AvgIpc) is 2.12. The first kappa shape index (κ1) is 7.24. The molecule has 0 aromatic rings. The molecule has 4 N–H and O–H groups in total. The van der Waals surface area contributed by atoms with Crippen LogP contribution in [-0.4, -0.2) is 16.4 Å². The minimum absolute atomic E-state index is 0.181. The number of nitrogens with zero attached hydrogens (tertiary/aromatic N) is 1. The number of hydrogen-bond acceptors (Lipinski definition) is 4. The molecule has 4 heteroatoms. The minimum atomic E-state index is -0.181. The topological polar surface area (TPSA) is 61.5 Å². The van der Waals surface area contributed by atoms with Crippen molar-refractivity contribution in [2.45, 2.75) is 12.6 Å². The highest BCUT2D eigenvalue weighted by Gasteiger charge is 2.25. The number of hydroxylamine groups is 2. The number of nitrogens with one attached hydrogen (secondary N) is 1. The van der Waals surface area contributed by atoms with Crippen molar-refractivity contribution in [3.63, 3.8) is 0 Å². The molecule has 2 aliphatic heterocycles. The summed E-state index contributed by atoms with van der Waals surface area (Å²) in [5, 5.41) is 13.5. The molecule has 4 nitrogen and oxygen atoms in total. The fourth-order valence-electron chi connectivity index (χ4n) is 1.39. The predicted molar refractivity (Wildman–Crippen MR) is 44.7 cm³/mol. The third-order valence-corrected chi connectivity index (χ3v) is 2.07. The maximum absolute atomic E-state index is 9.48. The number of dihydropyridines is 1. The monoisotopic (exact) mass is 165 g/mol. The minimum Gasteiger partial charge on any atom is -0.384 e. The summed E-state index contributed by atoms with van der Waals surface area (Å²) in [7, 11) is 0. The first-order chi connectivity index (χ1) is 5.79. The number of hydrogen-bond donors (Lipinski definition) is 3. The van der Waals surface area contributed by atoms with E-state index in [9.17, 15) is 5.21 Å². The predicted octanol–water partition coefficient (Wildman–Crippen LogP) is 0.251. The van der Waals surface area contributed by atoms with Crippen LogP contribution in [0.15, 0.2) is 35.8 Å². The van der Waals surface area contributed by atoms with Gasteiger partial charge in [0.2, 0.25) is 0 Å². The lowest BCUT2D eigenvalue weighted by Crippen LogP contribution is -2.47. The van der Waals surface area contributed by atoms with Crippen molar-refractivity contribution < 1.29 is 5.21 Å². The smallest absolute Gasteiger partial charge is 0.148 e. The lowest BCUT2D eigenvalue weighted by molar-refractivity contribution is -0.0934. The zero-order chi connectivity index (χ0) is 8.55. The molecule has 0 amide bonds. The van der Waals surface area contributed by atoms with Crippen LogP contribution in [0.5, 0.6) is 0 Å². The van der Waals surface area contributed by atoms with Crippen LogP contribution in [-0.2, 0) is 0 Å². The molecule has 0 aromatic carbocycles. The van der Waals surface area contributed by atoms with Gasteiger partial charge >= 0.3 is 0 Å². The molecule has 0 radical (unpaired) electrons. The molecule has 64 valence electrons. The van der Waals surface area contributed by atoms with Gasteiger partial charge in [-0.25, -0.2) is 5.06 Å². The Bertz CT molecular complexity index is 280. The molecule has 2 aliphatic rings. The lowest BCUT2D eigenvalue weighted by Gasteiger charge is -2.34. The number of allylic oxidation sites excluding steroid dienone is 3. The van der Waals surface area contributed by atoms with Crippen LogP contribution in [0.25, 0.3) is 0 Å². The average molecular weight is 165 g/mol. The van der Waals surface area contributed by atoms with Crippen LogP contribution in [0, 0.1) is 0 Å². The first-order valence-electron chi connectivity index (χ1n) is 3.84. The quantitative estimate of drug-likeness (QED) is 0.481. The molecule has 0 bridgehead atoms. The van der Waals surface area contributed by atoms with Crippen LogP contribution in [0.4, 0.5) is 0 Å². The van der Waals surface area contributed by atoms with Gasteiger partial charge in [0, 0.05) is 0 Å². The molecule has 2 heterocycles. The van der Waals surface area contributed by atoms with Crippen molar-refractivity contribution in [1.82, 2.24) is 10.4 Å². The van der Waals surface area contributed by atoms with Crippen molar-refractivity contribution in [3.8, 4) is 0 Å². The third-order valence-electron chi connectivity index (χ3n) is 2.07. The van der Waals surface area contributed by atoms with E-state index in [0.717, 1.165) is 17.1 Å². The highest BCUT2D eigenvalue weighted by atomic mass is 16.5. The first-order valence-corrected chi connectivity index (χ1v) is 3.84. The van der Waals surface area contributed by atoms with Gasteiger partial charge in [-0.15, -0.1) is 0 Å². The van der Waals surface area contributed by atoms with Gasteiger partial charge in [-0.3, -0.25) is 5.21 Å². The van der Waals surface area contributed by atoms with E-state index in [-0.39, 0.29) is 6.17 Å². The molecule has 1 unspecified atom stereocenters. The molecule has 0 saturated carbocycles. The summed E-state index contributed by atoms with van der Waals surface area (Å²) in [6.45, 7) is 0. The van der Waals surface area contributed by atoms with Gasteiger partial charge in [0.15, 0.2) is 0 Å². The van der Waals surface area contributed by atoms with Crippen LogP contribution in [0.1, 0.15) is 6.42 Å². The van der Waals surface area contributed by atoms with Gasteiger partial charge in [-0.2, -0.15) is 0 Å². The lowest BCUT2D eigenvalue weighted by atomic mass is 10.0. The number of rotatable bonds is 0. The van der Waals surface area contributed by atoms with Crippen molar-refractivity contribution in [3.05, 3.63) is 35.8 Å². The van der Waals surface area contributed by atoms with Gasteiger partial charge in [-0.05, 0) is 30.3 Å². The third kappa shape index (κ3) is 0.967. The van der Waals surface area contributed by atoms with Gasteiger partial charge in [0.1, 0.15) is 12.0 Å². The zero-order valence-corrected chi connectivity index (χ0v) is 6.57. The Morgan fingerprint density at radius 3 is 3.33 bits per heavy atom. The summed E-state index contributed by atoms with van der Waals surface area (Å²) in [4.78, 5) is 0. The molecule has 0 aromatic heterocycles. The van der Waals surface area contributed by atoms with Crippen LogP contribution >= 0.6 is 0 Å². The van der Waals surface area contributed by atoms with Gasteiger partial charge in [0.05, 0.1) is 0 Å². The van der Waals surface area contributed by atoms with E-state index in [4.69, 9.17) is 5.73 Å². The maximum Gasteiger partial charge on any atom is 0.148 e. The Labute approximate surface area is 70.6 Å². The molecule has 0 spiro atoms. The zero-order valence-electron chi connectivity index (χ0n) is 6.57. The van der Waals surface area contributed by atoms with Crippen molar-refractivity contribution in [1.29, 1.82) is 0 Å². The Morgan fingerprint density at radius 2 is 2.50 bits per heavy atom. The highest BCUT2D eigenvalue weighted by molar-refractivity contribution is 5.28. The van der Waals surface area contributed by atoms with Crippen molar-refractivity contribution in [2.75, 3.05) is 0 Å². The van der Waals surface area contributed by atoms with Crippen LogP contribution in [0.2, 0.25) is 0 Å². The summed E-state index contributed by atoms with van der Waals surface area (Å²) in [6.07, 6.45) is 8.09. The van der Waals surface area contributed by atoms with Crippen LogP contribution < -0.4 is 11.1 Å². The standard InChI is InChI=1S/C8H11N3O/c9-7-4-3-6-2-1-5-10-8(6)11(7)12/h1-2,4-5,8,10,12H,3,9H2. The number of nitrogens with two attached hydrogens (primary N) is 1. The van der Waals surface area contributed by atoms with E-state index >= 15 is 0 Å².